The first-order chi connectivity index (χ1) is 8.26. The van der Waals surface area contributed by atoms with E-state index >= 15 is 0 Å². The van der Waals surface area contributed by atoms with E-state index in [-0.39, 0.29) is 0 Å². The molecular formula is C14H15NO2. The lowest BCUT2D eigenvalue weighted by atomic mass is 10.1. The molecule has 0 atom stereocenters. The summed E-state index contributed by atoms with van der Waals surface area (Å²) in [5, 5.41) is 8.67. The van der Waals surface area contributed by atoms with Gasteiger partial charge in [0.1, 0.15) is 0 Å². The predicted octanol–water partition coefficient (Wildman–Crippen LogP) is 2.86. The Kier molecular flexibility index (Phi) is 3.40. The van der Waals surface area contributed by atoms with E-state index < -0.39 is 5.91 Å². The van der Waals surface area contributed by atoms with Crippen LogP contribution >= 0.6 is 0 Å². The van der Waals surface area contributed by atoms with Crippen LogP contribution in [-0.2, 0) is 6.42 Å². The topological polar surface area (TPSA) is 49.3 Å². The SMILES string of the molecule is CCCc1ccc2cccc(C(=O)NO)cc1-2. The molecule has 0 heterocycles. The number of aryl methyl sites for hydroxylation is 1. The highest BCUT2D eigenvalue weighted by molar-refractivity contribution is 5.94. The maximum absolute atomic E-state index is 11.4. The Morgan fingerprint density at radius 1 is 1.29 bits per heavy atom. The highest BCUT2D eigenvalue weighted by Gasteiger charge is 2.10. The summed E-state index contributed by atoms with van der Waals surface area (Å²) in [6.07, 6.45) is 2.06. The lowest BCUT2D eigenvalue weighted by Crippen LogP contribution is -2.18. The van der Waals surface area contributed by atoms with Crippen molar-refractivity contribution in [2.45, 2.75) is 19.8 Å². The maximum atomic E-state index is 11.4. The molecule has 0 radical (unpaired) electrons. The molecule has 0 saturated carbocycles. The van der Waals surface area contributed by atoms with Crippen LogP contribution in [0.15, 0.2) is 36.4 Å². The van der Waals surface area contributed by atoms with Crippen LogP contribution in [0.2, 0.25) is 0 Å². The Balaban J connectivity index is 2.52. The molecule has 0 unspecified atom stereocenters. The highest BCUT2D eigenvalue weighted by Crippen LogP contribution is 2.28. The van der Waals surface area contributed by atoms with Crippen molar-refractivity contribution in [1.82, 2.24) is 5.48 Å². The van der Waals surface area contributed by atoms with Crippen LogP contribution in [0.25, 0.3) is 11.1 Å². The largest absolute Gasteiger partial charge is 0.288 e. The summed E-state index contributed by atoms with van der Waals surface area (Å²) < 4.78 is 0. The van der Waals surface area contributed by atoms with Gasteiger partial charge in [-0.2, -0.15) is 0 Å². The van der Waals surface area contributed by atoms with Crippen LogP contribution in [0.3, 0.4) is 0 Å². The number of rotatable bonds is 3. The van der Waals surface area contributed by atoms with Gasteiger partial charge < -0.3 is 0 Å². The molecule has 0 aromatic heterocycles. The van der Waals surface area contributed by atoms with E-state index in [0.29, 0.717) is 5.56 Å². The van der Waals surface area contributed by atoms with E-state index in [1.165, 1.54) is 5.56 Å². The summed E-state index contributed by atoms with van der Waals surface area (Å²) in [6, 6.07) is 11.5. The summed E-state index contributed by atoms with van der Waals surface area (Å²) in [5.41, 5.74) is 5.57. The minimum Gasteiger partial charge on any atom is -0.288 e. The second-order valence-corrected chi connectivity index (χ2v) is 4.04. The van der Waals surface area contributed by atoms with E-state index in [2.05, 4.69) is 19.1 Å². The van der Waals surface area contributed by atoms with E-state index in [4.69, 9.17) is 5.21 Å². The Bertz CT molecular complexity index is 508. The maximum Gasteiger partial charge on any atom is 0.274 e. The fraction of sp³-hybridized carbons (Fsp3) is 0.214. The Morgan fingerprint density at radius 2 is 2.12 bits per heavy atom. The van der Waals surface area contributed by atoms with Crippen molar-refractivity contribution in [1.29, 1.82) is 0 Å². The lowest BCUT2D eigenvalue weighted by molar-refractivity contribution is 0.0706. The molecule has 2 aliphatic rings. The van der Waals surface area contributed by atoms with Gasteiger partial charge in [0.2, 0.25) is 0 Å². The molecule has 88 valence electrons. The Morgan fingerprint density at radius 3 is 2.82 bits per heavy atom. The quantitative estimate of drug-likeness (QED) is 0.628. The third-order valence-corrected chi connectivity index (χ3v) is 2.86. The highest BCUT2D eigenvalue weighted by atomic mass is 16.5. The smallest absolute Gasteiger partial charge is 0.274 e. The zero-order valence-corrected chi connectivity index (χ0v) is 9.73. The molecule has 0 spiro atoms. The molecule has 0 saturated heterocycles. The van der Waals surface area contributed by atoms with Gasteiger partial charge in [0, 0.05) is 5.56 Å². The predicted molar refractivity (Wildman–Crippen MR) is 66.3 cm³/mol. The second-order valence-electron chi connectivity index (χ2n) is 4.04. The first-order valence-corrected chi connectivity index (χ1v) is 5.72. The average Bonchev–Trinajstić information content (AvgIpc) is 2.60. The summed E-state index contributed by atoms with van der Waals surface area (Å²) in [4.78, 5) is 11.4. The Labute approximate surface area is 100 Å². The molecule has 0 bridgehead atoms. The number of nitrogens with one attached hydrogen (secondary N) is 1. The minimum atomic E-state index is -0.480. The molecule has 3 heteroatoms. The zero-order chi connectivity index (χ0) is 12.3. The minimum absolute atomic E-state index is 0.464. The van der Waals surface area contributed by atoms with Crippen molar-refractivity contribution in [3.8, 4) is 11.1 Å². The van der Waals surface area contributed by atoms with Crippen molar-refractivity contribution in [2.75, 3.05) is 0 Å². The standard InChI is InChI=1S/C14H15NO2/c1-2-4-10-7-8-11-5-3-6-12(9-13(10)11)14(16)15-17/h3,5-9,17H,2,4H2,1H3,(H,15,16). The fourth-order valence-electron chi connectivity index (χ4n) is 2.03. The van der Waals surface area contributed by atoms with E-state index in [0.717, 1.165) is 24.0 Å². The molecule has 0 aromatic rings. The number of hydrogen-bond donors (Lipinski definition) is 2. The molecule has 17 heavy (non-hydrogen) atoms. The normalized spacial score (nSPS) is 10.5. The number of carbonyl (C=O) groups excluding carboxylic acids is 1. The summed E-state index contributed by atoms with van der Waals surface area (Å²) in [5.74, 6) is -0.480. The molecule has 2 aliphatic carbocycles. The molecule has 0 aliphatic heterocycles. The van der Waals surface area contributed by atoms with Gasteiger partial charge in [-0.3, -0.25) is 10.0 Å². The second kappa shape index (κ2) is 4.97. The molecule has 2 rings (SSSR count). The fourth-order valence-corrected chi connectivity index (χ4v) is 2.03. The molecule has 0 aromatic carbocycles. The number of carbonyl (C=O) groups is 1. The summed E-state index contributed by atoms with van der Waals surface area (Å²) in [6.45, 7) is 2.13. The average molecular weight is 229 g/mol. The van der Waals surface area contributed by atoms with Crippen LogP contribution in [0.1, 0.15) is 29.3 Å². The monoisotopic (exact) mass is 229 g/mol. The van der Waals surface area contributed by atoms with Crippen molar-refractivity contribution in [3.05, 3.63) is 47.5 Å². The van der Waals surface area contributed by atoms with Gasteiger partial charge in [0.15, 0.2) is 0 Å². The van der Waals surface area contributed by atoms with Crippen LogP contribution in [0.5, 0.6) is 0 Å². The van der Waals surface area contributed by atoms with Gasteiger partial charge in [-0.1, -0.05) is 37.6 Å². The van der Waals surface area contributed by atoms with Crippen molar-refractivity contribution >= 4 is 5.91 Å². The van der Waals surface area contributed by atoms with Crippen molar-refractivity contribution in [3.63, 3.8) is 0 Å². The number of hydroxylamine groups is 1. The zero-order valence-electron chi connectivity index (χ0n) is 9.73. The van der Waals surface area contributed by atoms with Crippen LogP contribution in [0, 0.1) is 0 Å². The van der Waals surface area contributed by atoms with Gasteiger partial charge in [-0.05, 0) is 35.2 Å². The van der Waals surface area contributed by atoms with Crippen molar-refractivity contribution in [2.24, 2.45) is 0 Å². The molecule has 0 fully saturated rings. The third kappa shape index (κ3) is 2.29. The van der Waals surface area contributed by atoms with Crippen LogP contribution in [0.4, 0.5) is 0 Å². The van der Waals surface area contributed by atoms with Crippen LogP contribution in [-0.4, -0.2) is 11.1 Å². The molecule has 2 N–H and O–H groups in total. The van der Waals surface area contributed by atoms with Gasteiger partial charge in [-0.25, -0.2) is 5.48 Å². The molecular weight excluding hydrogens is 214 g/mol. The first-order valence-electron chi connectivity index (χ1n) is 5.72. The van der Waals surface area contributed by atoms with Gasteiger partial charge in [0.05, 0.1) is 0 Å². The molecule has 1 amide bonds. The Hall–Kier alpha value is -1.87. The lowest BCUT2D eigenvalue weighted by Gasteiger charge is -2.00. The summed E-state index contributed by atoms with van der Waals surface area (Å²) >= 11 is 0. The summed E-state index contributed by atoms with van der Waals surface area (Å²) in [7, 11) is 0. The van der Waals surface area contributed by atoms with Gasteiger partial charge in [-0.15, -0.1) is 0 Å². The number of fused-ring (bicyclic) bond motifs is 1. The third-order valence-electron chi connectivity index (χ3n) is 2.86. The first kappa shape index (κ1) is 11.6. The van der Waals surface area contributed by atoms with E-state index in [9.17, 15) is 4.79 Å². The van der Waals surface area contributed by atoms with E-state index in [1.54, 1.807) is 11.5 Å². The van der Waals surface area contributed by atoms with E-state index in [1.807, 2.05) is 18.2 Å². The van der Waals surface area contributed by atoms with Gasteiger partial charge >= 0.3 is 0 Å². The number of hydrogen-bond acceptors (Lipinski definition) is 2. The van der Waals surface area contributed by atoms with Gasteiger partial charge in [0.25, 0.3) is 5.91 Å². The van der Waals surface area contributed by atoms with Crippen LogP contribution < -0.4 is 5.48 Å². The van der Waals surface area contributed by atoms with Crippen molar-refractivity contribution < 1.29 is 10.0 Å². The number of amides is 1. The molecule has 3 nitrogen and oxygen atoms in total.